The van der Waals surface area contributed by atoms with Crippen LogP contribution in [0, 0.1) is 0 Å². The molecular formula is C19H27N3O. The summed E-state index contributed by atoms with van der Waals surface area (Å²) in [6.45, 7) is 3.43. The maximum atomic E-state index is 9.85. The number of nitrogens with zero attached hydrogens (tertiary/aromatic N) is 2. The second kappa shape index (κ2) is 7.75. The highest BCUT2D eigenvalue weighted by Crippen LogP contribution is 2.24. The monoisotopic (exact) mass is 313 g/mol. The molecule has 2 aromatic rings. The van der Waals surface area contributed by atoms with Crippen molar-refractivity contribution in [3.8, 4) is 11.4 Å². The number of aromatic nitrogens is 2. The van der Waals surface area contributed by atoms with E-state index in [1.807, 2.05) is 31.3 Å². The molecule has 1 unspecified atom stereocenters. The van der Waals surface area contributed by atoms with Crippen molar-refractivity contribution in [2.45, 2.75) is 57.7 Å². The van der Waals surface area contributed by atoms with Gasteiger partial charge in [0.05, 0.1) is 6.10 Å². The molecule has 1 saturated carbocycles. The van der Waals surface area contributed by atoms with Gasteiger partial charge in [-0.15, -0.1) is 0 Å². The minimum atomic E-state index is -0.298. The van der Waals surface area contributed by atoms with Crippen LogP contribution in [0.3, 0.4) is 0 Å². The zero-order chi connectivity index (χ0) is 16.1. The predicted octanol–water partition coefficient (Wildman–Crippen LogP) is 3.59. The second-order valence-electron chi connectivity index (χ2n) is 6.69. The maximum absolute atomic E-state index is 9.85. The zero-order valence-corrected chi connectivity index (χ0v) is 13.9. The lowest BCUT2D eigenvalue weighted by Gasteiger charge is -2.34. The van der Waals surface area contributed by atoms with Gasteiger partial charge in [-0.2, -0.15) is 0 Å². The summed E-state index contributed by atoms with van der Waals surface area (Å²) in [4.78, 5) is 10.4. The van der Waals surface area contributed by atoms with Crippen molar-refractivity contribution >= 4 is 0 Å². The lowest BCUT2D eigenvalue weighted by Crippen LogP contribution is -2.40. The Hall–Kier alpha value is -1.65. The van der Waals surface area contributed by atoms with E-state index in [9.17, 15) is 5.11 Å². The molecule has 1 heterocycles. The van der Waals surface area contributed by atoms with Crippen LogP contribution in [0.5, 0.6) is 0 Å². The first-order chi connectivity index (χ1) is 11.2. The van der Waals surface area contributed by atoms with Crippen LogP contribution in [0.1, 0.15) is 44.7 Å². The van der Waals surface area contributed by atoms with E-state index >= 15 is 0 Å². The number of benzene rings is 1. The molecule has 1 aliphatic rings. The minimum Gasteiger partial charge on any atom is -0.392 e. The molecule has 3 rings (SSSR count). The molecule has 0 aliphatic heterocycles. The third-order valence-electron chi connectivity index (χ3n) is 4.64. The van der Waals surface area contributed by atoms with Crippen LogP contribution >= 0.6 is 0 Å². The van der Waals surface area contributed by atoms with Gasteiger partial charge in [-0.3, -0.25) is 4.90 Å². The Morgan fingerprint density at radius 3 is 2.65 bits per heavy atom. The third kappa shape index (κ3) is 4.43. The van der Waals surface area contributed by atoms with E-state index in [1.54, 1.807) is 0 Å². The van der Waals surface area contributed by atoms with Crippen LogP contribution in [0.15, 0.2) is 36.5 Å². The van der Waals surface area contributed by atoms with E-state index in [1.165, 1.54) is 32.1 Å². The Morgan fingerprint density at radius 1 is 1.22 bits per heavy atom. The van der Waals surface area contributed by atoms with Crippen LogP contribution in [0.25, 0.3) is 11.4 Å². The molecule has 0 spiro atoms. The predicted molar refractivity (Wildman–Crippen MR) is 93.0 cm³/mol. The summed E-state index contributed by atoms with van der Waals surface area (Å²) in [5.74, 6) is 0.918. The first-order valence-electron chi connectivity index (χ1n) is 8.74. The molecule has 124 valence electrons. The number of imidazole rings is 1. The van der Waals surface area contributed by atoms with Crippen molar-refractivity contribution in [3.05, 3.63) is 42.2 Å². The smallest absolute Gasteiger partial charge is 0.137 e. The van der Waals surface area contributed by atoms with Crippen molar-refractivity contribution in [1.82, 2.24) is 14.9 Å². The summed E-state index contributed by atoms with van der Waals surface area (Å²) in [6.07, 6.45) is 8.08. The Morgan fingerprint density at radius 2 is 1.96 bits per heavy atom. The number of aliphatic hydroxyl groups is 1. The molecule has 1 atom stereocenters. The van der Waals surface area contributed by atoms with E-state index in [0.29, 0.717) is 6.04 Å². The fraction of sp³-hybridized carbons (Fsp3) is 0.526. The normalized spacial score (nSPS) is 17.5. The largest absolute Gasteiger partial charge is 0.392 e. The molecule has 0 radical (unpaired) electrons. The van der Waals surface area contributed by atoms with Crippen molar-refractivity contribution in [2.24, 2.45) is 0 Å². The van der Waals surface area contributed by atoms with Gasteiger partial charge in [0.15, 0.2) is 0 Å². The van der Waals surface area contributed by atoms with Crippen molar-refractivity contribution in [2.75, 3.05) is 6.54 Å². The van der Waals surface area contributed by atoms with Gasteiger partial charge in [0.2, 0.25) is 0 Å². The molecule has 0 bridgehead atoms. The van der Waals surface area contributed by atoms with Gasteiger partial charge in [0, 0.05) is 36.6 Å². The van der Waals surface area contributed by atoms with E-state index in [4.69, 9.17) is 0 Å². The van der Waals surface area contributed by atoms with Gasteiger partial charge in [-0.05, 0) is 19.8 Å². The van der Waals surface area contributed by atoms with E-state index in [-0.39, 0.29) is 6.10 Å². The summed E-state index contributed by atoms with van der Waals surface area (Å²) < 4.78 is 0. The molecule has 1 aliphatic carbocycles. The average Bonchev–Trinajstić information content (AvgIpc) is 3.04. The average molecular weight is 313 g/mol. The Labute approximate surface area is 138 Å². The lowest BCUT2D eigenvalue weighted by atomic mass is 9.94. The maximum Gasteiger partial charge on any atom is 0.137 e. The number of aromatic amines is 1. The van der Waals surface area contributed by atoms with Gasteiger partial charge in [0.25, 0.3) is 0 Å². The molecule has 2 N–H and O–H groups in total. The highest BCUT2D eigenvalue weighted by molar-refractivity contribution is 5.54. The molecular weight excluding hydrogens is 286 g/mol. The third-order valence-corrected chi connectivity index (χ3v) is 4.64. The van der Waals surface area contributed by atoms with Gasteiger partial charge < -0.3 is 10.1 Å². The second-order valence-corrected chi connectivity index (χ2v) is 6.69. The number of hydrogen-bond acceptors (Lipinski definition) is 3. The van der Waals surface area contributed by atoms with E-state index < -0.39 is 0 Å². The fourth-order valence-electron chi connectivity index (χ4n) is 3.53. The highest BCUT2D eigenvalue weighted by atomic mass is 16.3. The van der Waals surface area contributed by atoms with Crippen LogP contribution in [-0.2, 0) is 6.54 Å². The number of H-pyrrole nitrogens is 1. The van der Waals surface area contributed by atoms with Gasteiger partial charge in [-0.25, -0.2) is 4.98 Å². The first-order valence-corrected chi connectivity index (χ1v) is 8.74. The molecule has 23 heavy (non-hydrogen) atoms. The summed E-state index contributed by atoms with van der Waals surface area (Å²) >= 11 is 0. The zero-order valence-electron chi connectivity index (χ0n) is 13.9. The van der Waals surface area contributed by atoms with Crippen LogP contribution in [0.4, 0.5) is 0 Å². The fourth-order valence-corrected chi connectivity index (χ4v) is 3.53. The Bertz CT molecular complexity index is 588. The first kappa shape index (κ1) is 16.2. The van der Waals surface area contributed by atoms with Gasteiger partial charge in [0.1, 0.15) is 5.82 Å². The van der Waals surface area contributed by atoms with Gasteiger partial charge in [-0.1, -0.05) is 49.6 Å². The molecule has 0 saturated heterocycles. The topological polar surface area (TPSA) is 52.1 Å². The van der Waals surface area contributed by atoms with Gasteiger partial charge >= 0.3 is 0 Å². The summed E-state index contributed by atoms with van der Waals surface area (Å²) in [5.41, 5.74) is 2.23. The lowest BCUT2D eigenvalue weighted by molar-refractivity contribution is 0.0761. The number of rotatable bonds is 6. The summed E-state index contributed by atoms with van der Waals surface area (Å²) in [5, 5.41) is 9.85. The Kier molecular flexibility index (Phi) is 5.47. The minimum absolute atomic E-state index is 0.298. The summed E-state index contributed by atoms with van der Waals surface area (Å²) in [6, 6.07) is 10.8. The van der Waals surface area contributed by atoms with Crippen LogP contribution in [-0.4, -0.2) is 38.7 Å². The van der Waals surface area contributed by atoms with Crippen molar-refractivity contribution in [1.29, 1.82) is 0 Å². The molecule has 1 fully saturated rings. The van der Waals surface area contributed by atoms with Crippen LogP contribution in [0.2, 0.25) is 0 Å². The Balaban J connectivity index is 1.70. The number of aliphatic hydroxyl groups excluding tert-OH is 1. The van der Waals surface area contributed by atoms with Crippen molar-refractivity contribution < 1.29 is 5.11 Å². The van der Waals surface area contributed by atoms with Crippen molar-refractivity contribution in [3.63, 3.8) is 0 Å². The molecule has 1 aromatic heterocycles. The molecule has 4 heteroatoms. The number of hydrogen-bond donors (Lipinski definition) is 2. The molecule has 4 nitrogen and oxygen atoms in total. The highest BCUT2D eigenvalue weighted by Gasteiger charge is 2.23. The standard InChI is InChI=1S/C19H27N3O/c1-15(23)13-22(18-10-6-3-7-11-18)14-17-12-20-19(21-17)16-8-4-2-5-9-16/h2,4-5,8-9,12,15,18,23H,3,6-7,10-11,13-14H2,1H3,(H,20,21). The molecule has 0 amide bonds. The SMILES string of the molecule is CC(O)CN(Cc1cnc(-c2ccccc2)[nH]1)C1CCCCC1. The molecule has 1 aromatic carbocycles. The van der Waals surface area contributed by atoms with E-state index in [0.717, 1.165) is 30.2 Å². The number of nitrogens with one attached hydrogen (secondary N) is 1. The quantitative estimate of drug-likeness (QED) is 0.857. The summed E-state index contributed by atoms with van der Waals surface area (Å²) in [7, 11) is 0. The van der Waals surface area contributed by atoms with Crippen LogP contribution < -0.4 is 0 Å². The van der Waals surface area contributed by atoms with E-state index in [2.05, 4.69) is 27.0 Å².